The molecule has 3 aromatic rings. The number of ether oxygens (including phenoxy) is 2. The van der Waals surface area contributed by atoms with Crippen LogP contribution < -0.4 is 14.8 Å². The Morgan fingerprint density at radius 3 is 2.37 bits per heavy atom. The van der Waals surface area contributed by atoms with Gasteiger partial charge in [-0.25, -0.2) is 0 Å². The Morgan fingerprint density at radius 2 is 1.63 bits per heavy atom. The average Bonchev–Trinajstić information content (AvgIpc) is 2.76. The maximum atomic E-state index is 12.9. The first-order valence-corrected chi connectivity index (χ1v) is 11.1. The number of rotatable bonds is 9. The lowest BCUT2D eigenvalue weighted by atomic mass is 10.2. The predicted octanol–water partition coefficient (Wildman–Crippen LogP) is 6.68. The second-order valence-corrected chi connectivity index (χ2v) is 7.85. The van der Waals surface area contributed by atoms with Crippen molar-refractivity contribution in [2.45, 2.75) is 24.5 Å². The standard InChI is InChI=1S/C24H24ClNO3S/c1-3-28-21-14-11-18(15-22(21)29-4-2)24(27)26-20-7-5-6-8-23(20)30-16-17-9-12-19(25)13-10-17/h5-15H,3-4,16H2,1-2H3,(H,26,27). The highest BCUT2D eigenvalue weighted by Gasteiger charge is 2.13. The molecule has 0 spiro atoms. The van der Waals surface area contributed by atoms with Crippen molar-refractivity contribution >= 4 is 35.0 Å². The van der Waals surface area contributed by atoms with Crippen LogP contribution in [0.4, 0.5) is 5.69 Å². The van der Waals surface area contributed by atoms with Gasteiger partial charge in [0.25, 0.3) is 5.91 Å². The normalized spacial score (nSPS) is 10.5. The summed E-state index contributed by atoms with van der Waals surface area (Å²) < 4.78 is 11.2. The molecule has 0 saturated heterocycles. The molecule has 3 rings (SSSR count). The van der Waals surface area contributed by atoms with Crippen LogP contribution in [0.15, 0.2) is 71.6 Å². The minimum absolute atomic E-state index is 0.196. The van der Waals surface area contributed by atoms with Gasteiger partial charge in [-0.3, -0.25) is 4.79 Å². The number of carbonyl (C=O) groups excluding carboxylic acids is 1. The third-order valence-corrected chi connectivity index (χ3v) is 5.65. The largest absolute Gasteiger partial charge is 0.490 e. The number of amides is 1. The summed E-state index contributed by atoms with van der Waals surface area (Å²) in [6.07, 6.45) is 0. The van der Waals surface area contributed by atoms with Crippen LogP contribution in [0.3, 0.4) is 0 Å². The molecule has 0 fully saturated rings. The molecule has 0 aromatic heterocycles. The summed E-state index contributed by atoms with van der Waals surface area (Å²) in [6, 6.07) is 20.8. The topological polar surface area (TPSA) is 47.6 Å². The Balaban J connectivity index is 1.73. The van der Waals surface area contributed by atoms with Gasteiger partial charge in [-0.2, -0.15) is 0 Å². The third kappa shape index (κ3) is 5.94. The Morgan fingerprint density at radius 1 is 0.933 bits per heavy atom. The van der Waals surface area contributed by atoms with Crippen molar-refractivity contribution in [3.8, 4) is 11.5 Å². The van der Waals surface area contributed by atoms with Gasteiger partial charge in [0.2, 0.25) is 0 Å². The van der Waals surface area contributed by atoms with Crippen LogP contribution in [0, 0.1) is 0 Å². The molecule has 0 atom stereocenters. The summed E-state index contributed by atoms with van der Waals surface area (Å²) in [6.45, 7) is 4.84. The van der Waals surface area contributed by atoms with E-state index in [1.54, 1.807) is 30.0 Å². The van der Waals surface area contributed by atoms with E-state index in [1.165, 1.54) is 5.56 Å². The number of thioether (sulfide) groups is 1. The molecule has 0 aliphatic rings. The van der Waals surface area contributed by atoms with Crippen LogP contribution in [0.2, 0.25) is 5.02 Å². The van der Waals surface area contributed by atoms with E-state index in [-0.39, 0.29) is 5.91 Å². The van der Waals surface area contributed by atoms with Gasteiger partial charge in [0, 0.05) is 21.2 Å². The molecule has 0 unspecified atom stereocenters. The number of para-hydroxylation sites is 1. The molecule has 3 aromatic carbocycles. The zero-order valence-corrected chi connectivity index (χ0v) is 18.6. The molecule has 0 saturated carbocycles. The molecule has 30 heavy (non-hydrogen) atoms. The van der Waals surface area contributed by atoms with Crippen LogP contribution in [0.25, 0.3) is 0 Å². The lowest BCUT2D eigenvalue weighted by molar-refractivity contribution is 0.102. The molecule has 156 valence electrons. The Hall–Kier alpha value is -2.63. The highest BCUT2D eigenvalue weighted by molar-refractivity contribution is 7.98. The number of anilines is 1. The highest BCUT2D eigenvalue weighted by Crippen LogP contribution is 2.32. The molecule has 0 aliphatic carbocycles. The van der Waals surface area contributed by atoms with Crippen LogP contribution in [0.5, 0.6) is 11.5 Å². The van der Waals surface area contributed by atoms with Gasteiger partial charge in [0.05, 0.1) is 18.9 Å². The molecule has 0 aliphatic heterocycles. The molecule has 1 amide bonds. The first-order valence-electron chi connectivity index (χ1n) is 9.78. The van der Waals surface area contributed by atoms with Crippen LogP contribution in [0.1, 0.15) is 29.8 Å². The quantitative estimate of drug-likeness (QED) is 0.376. The second-order valence-electron chi connectivity index (χ2n) is 6.39. The van der Waals surface area contributed by atoms with Gasteiger partial charge in [-0.1, -0.05) is 35.9 Å². The minimum atomic E-state index is -0.196. The van der Waals surface area contributed by atoms with Crippen LogP contribution in [-0.2, 0) is 5.75 Å². The lowest BCUT2D eigenvalue weighted by Gasteiger charge is -2.14. The van der Waals surface area contributed by atoms with Crippen LogP contribution >= 0.6 is 23.4 Å². The first kappa shape index (κ1) is 22.1. The second kappa shape index (κ2) is 11.0. The Kier molecular flexibility index (Phi) is 8.05. The molecule has 1 N–H and O–H groups in total. The molecular weight excluding hydrogens is 418 g/mol. The summed E-state index contributed by atoms with van der Waals surface area (Å²) in [4.78, 5) is 13.9. The summed E-state index contributed by atoms with van der Waals surface area (Å²) in [5.41, 5.74) is 2.45. The molecule has 0 bridgehead atoms. The summed E-state index contributed by atoms with van der Waals surface area (Å²) in [5.74, 6) is 1.78. The number of hydrogen-bond donors (Lipinski definition) is 1. The fourth-order valence-electron chi connectivity index (χ4n) is 2.82. The van der Waals surface area contributed by atoms with Crippen molar-refractivity contribution in [1.82, 2.24) is 0 Å². The third-order valence-electron chi connectivity index (χ3n) is 4.25. The predicted molar refractivity (Wildman–Crippen MR) is 124 cm³/mol. The summed E-state index contributed by atoms with van der Waals surface area (Å²) in [5, 5.41) is 3.74. The minimum Gasteiger partial charge on any atom is -0.490 e. The smallest absolute Gasteiger partial charge is 0.255 e. The first-order chi connectivity index (χ1) is 14.6. The van der Waals surface area contributed by atoms with Crippen LogP contribution in [-0.4, -0.2) is 19.1 Å². The Labute approximate surface area is 186 Å². The molecule has 6 heteroatoms. The van der Waals surface area contributed by atoms with E-state index >= 15 is 0 Å². The number of carbonyl (C=O) groups is 1. The number of hydrogen-bond acceptors (Lipinski definition) is 4. The van der Waals surface area contributed by atoms with Crippen molar-refractivity contribution in [2.75, 3.05) is 18.5 Å². The number of halogens is 1. The average molecular weight is 442 g/mol. The maximum Gasteiger partial charge on any atom is 0.255 e. The van der Waals surface area contributed by atoms with Crippen molar-refractivity contribution in [3.05, 3.63) is 82.9 Å². The SMILES string of the molecule is CCOc1ccc(C(=O)Nc2ccccc2SCc2ccc(Cl)cc2)cc1OCC. The van der Waals surface area contributed by atoms with Gasteiger partial charge in [0.1, 0.15) is 0 Å². The van der Waals surface area contributed by atoms with E-state index in [1.807, 2.05) is 62.4 Å². The maximum absolute atomic E-state index is 12.9. The Bertz CT molecular complexity index is 992. The van der Waals surface area contributed by atoms with E-state index in [9.17, 15) is 4.79 Å². The molecule has 4 nitrogen and oxygen atoms in total. The van der Waals surface area contributed by atoms with Gasteiger partial charge >= 0.3 is 0 Å². The van der Waals surface area contributed by atoms with E-state index in [2.05, 4.69) is 5.32 Å². The zero-order chi connectivity index (χ0) is 21.3. The monoisotopic (exact) mass is 441 g/mol. The van der Waals surface area contributed by atoms with Crippen molar-refractivity contribution in [3.63, 3.8) is 0 Å². The van der Waals surface area contributed by atoms with E-state index in [0.29, 0.717) is 30.3 Å². The van der Waals surface area contributed by atoms with Crippen molar-refractivity contribution < 1.29 is 14.3 Å². The molecule has 0 radical (unpaired) electrons. The number of nitrogens with one attached hydrogen (secondary N) is 1. The van der Waals surface area contributed by atoms with E-state index in [4.69, 9.17) is 21.1 Å². The zero-order valence-electron chi connectivity index (χ0n) is 17.0. The van der Waals surface area contributed by atoms with Gasteiger partial charge in [-0.15, -0.1) is 11.8 Å². The summed E-state index contributed by atoms with van der Waals surface area (Å²) in [7, 11) is 0. The van der Waals surface area contributed by atoms with Gasteiger partial charge < -0.3 is 14.8 Å². The number of benzene rings is 3. The van der Waals surface area contributed by atoms with Crippen molar-refractivity contribution in [1.29, 1.82) is 0 Å². The lowest BCUT2D eigenvalue weighted by Crippen LogP contribution is -2.13. The molecular formula is C24H24ClNO3S. The van der Waals surface area contributed by atoms with E-state index < -0.39 is 0 Å². The van der Waals surface area contributed by atoms with Gasteiger partial charge in [-0.05, 0) is 61.9 Å². The fourth-order valence-corrected chi connectivity index (χ4v) is 3.91. The molecule has 0 heterocycles. The van der Waals surface area contributed by atoms with Crippen molar-refractivity contribution in [2.24, 2.45) is 0 Å². The fraction of sp³-hybridized carbons (Fsp3) is 0.208. The van der Waals surface area contributed by atoms with Gasteiger partial charge in [0.15, 0.2) is 11.5 Å². The van der Waals surface area contributed by atoms with E-state index in [0.717, 1.165) is 21.4 Å². The summed E-state index contributed by atoms with van der Waals surface area (Å²) >= 11 is 7.62. The highest BCUT2D eigenvalue weighted by atomic mass is 35.5.